The van der Waals surface area contributed by atoms with Crippen LogP contribution < -0.4 is 0 Å². The summed E-state index contributed by atoms with van der Waals surface area (Å²) >= 11 is 0. The van der Waals surface area contributed by atoms with Gasteiger partial charge in [0.25, 0.3) is 0 Å². The highest BCUT2D eigenvalue weighted by atomic mass is 15.2. The highest BCUT2D eigenvalue weighted by Gasteiger charge is 2.61. The standard InChI is InChI=1S/C69H126N2/c1-7-11-15-17-19-21-49-69(50-22-20-18-16-12-8-2)67-51-54(6)27-47-65(67)66-48-34-58(52-68(66)69)57-32-41-62(42-33-57)71(61-39-30-56(31-40-61)24-14-10-4)64-45-43-63(44-46-64)70(59-35-25-53(5)26-36-59)60-37-28-55(29-38-60)23-13-9-3/h53-68H,7-52H2,1-6H3. The molecule has 0 radical (unpaired) electrons. The van der Waals surface area contributed by atoms with Gasteiger partial charge in [0.1, 0.15) is 0 Å². The SMILES string of the molecule is CCCCCCCCC1(CCCCCCCC)C2CC(C)CCC2C2CCC(C3CCC(N(C4CCC(CCCC)CC4)C4CCC(N(C5CCC(C)CC5)C5CCC(CCCC)CC5)CC4)CC3)CC21. The van der Waals surface area contributed by atoms with Crippen molar-refractivity contribution in [3.05, 3.63) is 0 Å². The minimum absolute atomic E-state index is 0.681. The topological polar surface area (TPSA) is 6.48 Å². The van der Waals surface area contributed by atoms with Gasteiger partial charge in [-0.3, -0.25) is 9.80 Å². The Hall–Kier alpha value is -0.0800. The van der Waals surface area contributed by atoms with Crippen molar-refractivity contribution in [3.8, 4) is 0 Å². The van der Waals surface area contributed by atoms with Gasteiger partial charge in [-0.25, -0.2) is 0 Å². The second kappa shape index (κ2) is 29.6. The van der Waals surface area contributed by atoms with Crippen LogP contribution in [0.5, 0.6) is 0 Å². The lowest BCUT2D eigenvalue weighted by molar-refractivity contribution is -0.0318. The summed E-state index contributed by atoms with van der Waals surface area (Å²) in [5, 5.41) is 0. The highest BCUT2D eigenvalue weighted by Crippen LogP contribution is 2.68. The molecule has 0 aromatic heterocycles. The second-order valence-corrected chi connectivity index (χ2v) is 28.8. The van der Waals surface area contributed by atoms with Crippen molar-refractivity contribution in [2.45, 2.75) is 373 Å². The van der Waals surface area contributed by atoms with E-state index in [9.17, 15) is 0 Å². The fourth-order valence-electron chi connectivity index (χ4n) is 20.3. The molecule has 0 saturated heterocycles. The summed E-state index contributed by atoms with van der Waals surface area (Å²) in [6.07, 6.45) is 69.8. The molecule has 6 atom stereocenters. The minimum atomic E-state index is 0.681. The van der Waals surface area contributed by atoms with E-state index >= 15 is 0 Å². The van der Waals surface area contributed by atoms with Gasteiger partial charge in [-0.1, -0.05) is 164 Å². The van der Waals surface area contributed by atoms with Gasteiger partial charge < -0.3 is 0 Å². The average Bonchev–Trinajstić information content (AvgIpc) is 3.66. The van der Waals surface area contributed by atoms with E-state index in [2.05, 4.69) is 51.3 Å². The zero-order valence-electron chi connectivity index (χ0n) is 49.2. The third-order valence-electron chi connectivity index (χ3n) is 24.3. The van der Waals surface area contributed by atoms with Crippen LogP contribution in [0.15, 0.2) is 0 Å². The maximum Gasteiger partial charge on any atom is 0.0102 e. The fraction of sp³-hybridized carbons (Fsp3) is 1.00. The third kappa shape index (κ3) is 15.1. The van der Waals surface area contributed by atoms with Gasteiger partial charge in [-0.2, -0.15) is 0 Å². The fourth-order valence-corrected chi connectivity index (χ4v) is 20.3. The summed E-state index contributed by atoms with van der Waals surface area (Å²) in [6.45, 7) is 14.8. The largest absolute Gasteiger partial charge is 0.294 e. The van der Waals surface area contributed by atoms with E-state index in [-0.39, 0.29) is 0 Å². The number of rotatable bonds is 27. The first-order valence-electron chi connectivity index (χ1n) is 34.4. The van der Waals surface area contributed by atoms with Crippen LogP contribution in [0.4, 0.5) is 0 Å². The van der Waals surface area contributed by atoms with Gasteiger partial charge in [0.2, 0.25) is 0 Å². The predicted octanol–water partition coefficient (Wildman–Crippen LogP) is 21.1. The first-order chi connectivity index (χ1) is 34.8. The lowest BCUT2D eigenvalue weighted by Crippen LogP contribution is -2.56. The van der Waals surface area contributed by atoms with Gasteiger partial charge in [0.05, 0.1) is 0 Å². The predicted molar refractivity (Wildman–Crippen MR) is 310 cm³/mol. The van der Waals surface area contributed by atoms with Crippen molar-refractivity contribution in [2.75, 3.05) is 0 Å². The van der Waals surface area contributed by atoms with Crippen LogP contribution >= 0.6 is 0 Å². The third-order valence-corrected chi connectivity index (χ3v) is 24.3. The molecule has 8 rings (SSSR count). The molecule has 2 nitrogen and oxygen atoms in total. The molecule has 0 amide bonds. The molecule has 8 fully saturated rings. The molecule has 0 aliphatic heterocycles. The average molecular weight is 984 g/mol. The van der Waals surface area contributed by atoms with Crippen molar-refractivity contribution in [1.82, 2.24) is 9.80 Å². The van der Waals surface area contributed by atoms with Crippen molar-refractivity contribution in [3.63, 3.8) is 0 Å². The summed E-state index contributed by atoms with van der Waals surface area (Å²) in [5.41, 5.74) is 0.681. The maximum absolute atomic E-state index is 3.39. The number of hydrogen-bond acceptors (Lipinski definition) is 2. The summed E-state index contributed by atoms with van der Waals surface area (Å²) < 4.78 is 0. The Morgan fingerprint density at radius 2 is 0.648 bits per heavy atom. The quantitative estimate of drug-likeness (QED) is 0.0757. The molecule has 0 N–H and O–H groups in total. The van der Waals surface area contributed by atoms with Crippen LogP contribution in [0.1, 0.15) is 337 Å². The summed E-state index contributed by atoms with van der Waals surface area (Å²) in [7, 11) is 0. The van der Waals surface area contributed by atoms with Crippen molar-refractivity contribution in [2.24, 2.45) is 64.6 Å². The number of nitrogens with zero attached hydrogens (tertiary/aromatic N) is 2. The lowest BCUT2D eigenvalue weighted by Gasteiger charge is -2.53. The molecule has 0 spiro atoms. The molecule has 0 aromatic carbocycles. The summed E-state index contributed by atoms with van der Waals surface area (Å²) in [6, 6.07) is 5.28. The molecule has 6 unspecified atom stereocenters. The molecule has 8 aliphatic carbocycles. The Balaban J connectivity index is 0.936. The van der Waals surface area contributed by atoms with Crippen LogP contribution in [-0.4, -0.2) is 46.1 Å². The van der Waals surface area contributed by atoms with E-state index in [1.807, 2.05) is 0 Å². The van der Waals surface area contributed by atoms with E-state index in [4.69, 9.17) is 0 Å². The zero-order chi connectivity index (χ0) is 49.4. The van der Waals surface area contributed by atoms with E-state index in [1.165, 1.54) is 205 Å². The zero-order valence-corrected chi connectivity index (χ0v) is 49.2. The molecular weight excluding hydrogens is 857 g/mol. The smallest absolute Gasteiger partial charge is 0.0102 e. The Bertz CT molecular complexity index is 1380. The Morgan fingerprint density at radius 3 is 1.10 bits per heavy atom. The number of unbranched alkanes of at least 4 members (excludes halogenated alkanes) is 12. The van der Waals surface area contributed by atoms with E-state index in [1.54, 1.807) is 89.9 Å². The van der Waals surface area contributed by atoms with E-state index < -0.39 is 0 Å². The molecule has 8 aliphatic rings. The minimum Gasteiger partial charge on any atom is -0.294 e. The Labute approximate surface area is 445 Å². The van der Waals surface area contributed by atoms with Gasteiger partial charge in [0, 0.05) is 36.3 Å². The molecule has 0 aromatic rings. The summed E-state index contributed by atoms with van der Waals surface area (Å²) in [5.74, 6) is 10.3. The van der Waals surface area contributed by atoms with E-state index in [0.29, 0.717) is 5.41 Å². The van der Waals surface area contributed by atoms with Crippen LogP contribution in [0.2, 0.25) is 0 Å². The van der Waals surface area contributed by atoms with Crippen molar-refractivity contribution < 1.29 is 0 Å². The van der Waals surface area contributed by atoms with Gasteiger partial charge in [0.15, 0.2) is 0 Å². The lowest BCUT2D eigenvalue weighted by atomic mass is 9.57. The molecular formula is C69H126N2. The molecule has 0 bridgehead atoms. The van der Waals surface area contributed by atoms with Gasteiger partial charge in [-0.15, -0.1) is 0 Å². The first-order valence-corrected chi connectivity index (χ1v) is 34.4. The van der Waals surface area contributed by atoms with Crippen LogP contribution in [0.3, 0.4) is 0 Å². The van der Waals surface area contributed by atoms with Gasteiger partial charge >= 0.3 is 0 Å². The highest BCUT2D eigenvalue weighted by molar-refractivity contribution is 5.10. The Morgan fingerprint density at radius 1 is 0.310 bits per heavy atom. The molecule has 71 heavy (non-hydrogen) atoms. The van der Waals surface area contributed by atoms with E-state index in [0.717, 1.165) is 95.4 Å². The summed E-state index contributed by atoms with van der Waals surface area (Å²) in [4.78, 5) is 6.69. The van der Waals surface area contributed by atoms with Crippen molar-refractivity contribution in [1.29, 1.82) is 0 Å². The number of fused-ring (bicyclic) bond motifs is 3. The van der Waals surface area contributed by atoms with Crippen LogP contribution in [0, 0.1) is 64.6 Å². The van der Waals surface area contributed by atoms with Crippen molar-refractivity contribution >= 4 is 0 Å². The van der Waals surface area contributed by atoms with Crippen LogP contribution in [0.25, 0.3) is 0 Å². The van der Waals surface area contributed by atoms with Crippen LogP contribution in [-0.2, 0) is 0 Å². The first kappa shape index (κ1) is 57.1. The number of hydrogen-bond donors (Lipinski definition) is 0. The normalized spacial score (nSPS) is 38.9. The molecule has 412 valence electrons. The molecule has 8 saturated carbocycles. The monoisotopic (exact) mass is 983 g/mol. The van der Waals surface area contributed by atoms with Gasteiger partial charge in [-0.05, 0) is 238 Å². The maximum atomic E-state index is 3.39. The molecule has 2 heteroatoms. The molecule has 0 heterocycles. The second-order valence-electron chi connectivity index (χ2n) is 28.8. The Kier molecular flexibility index (Phi) is 23.8.